The minimum Gasteiger partial charge on any atom is -0.463 e. The summed E-state index contributed by atoms with van der Waals surface area (Å²) in [5.41, 5.74) is 8.46. The fraction of sp³-hybridized carbons (Fsp3) is 0.148. The minimum atomic E-state index is -0.845. The minimum absolute atomic E-state index is 0.0667. The van der Waals surface area contributed by atoms with Crippen LogP contribution in [0.2, 0.25) is 0 Å². The van der Waals surface area contributed by atoms with E-state index in [1.165, 1.54) is 23.1 Å². The van der Waals surface area contributed by atoms with E-state index in [4.69, 9.17) is 20.5 Å². The second kappa shape index (κ2) is 11.5. The molecule has 3 heterocycles. The molecule has 10 heteroatoms. The van der Waals surface area contributed by atoms with Crippen LogP contribution in [0.25, 0.3) is 10.6 Å². The van der Waals surface area contributed by atoms with Gasteiger partial charge in [-0.1, -0.05) is 30.0 Å². The van der Waals surface area contributed by atoms with Crippen molar-refractivity contribution in [1.29, 1.82) is 15.8 Å². The molecule has 3 aromatic rings. The van der Waals surface area contributed by atoms with Gasteiger partial charge in [-0.2, -0.15) is 15.8 Å². The van der Waals surface area contributed by atoms with Crippen LogP contribution in [0.15, 0.2) is 81.7 Å². The number of hydrogen-bond acceptors (Lipinski definition) is 10. The maximum absolute atomic E-state index is 13.2. The van der Waals surface area contributed by atoms with Gasteiger partial charge >= 0.3 is 5.97 Å². The van der Waals surface area contributed by atoms with Crippen LogP contribution in [0.4, 0.5) is 0 Å². The lowest BCUT2D eigenvalue weighted by Crippen LogP contribution is -2.27. The predicted molar refractivity (Wildman–Crippen MR) is 138 cm³/mol. The third-order valence-electron chi connectivity index (χ3n) is 5.46. The first kappa shape index (κ1) is 25.5. The molecule has 1 aliphatic rings. The second-order valence-corrected chi connectivity index (χ2v) is 9.55. The Balaban J connectivity index is 1.77. The number of esters is 1. The van der Waals surface area contributed by atoms with E-state index in [1.807, 2.05) is 17.5 Å². The van der Waals surface area contributed by atoms with Crippen molar-refractivity contribution >= 4 is 29.1 Å². The normalized spacial score (nSPS) is 14.8. The van der Waals surface area contributed by atoms with Gasteiger partial charge in [0.1, 0.15) is 28.5 Å². The number of thioether (sulfide) groups is 1. The lowest BCUT2D eigenvalue weighted by Gasteiger charge is -2.28. The Kier molecular flexibility index (Phi) is 7.90. The van der Waals surface area contributed by atoms with Crippen LogP contribution in [0.5, 0.6) is 0 Å². The summed E-state index contributed by atoms with van der Waals surface area (Å²) in [5.74, 6) is -1.30. The molecule has 0 amide bonds. The third-order valence-corrected chi connectivity index (χ3v) is 7.34. The maximum atomic E-state index is 13.2. The highest BCUT2D eigenvalue weighted by Crippen LogP contribution is 2.41. The van der Waals surface area contributed by atoms with Crippen LogP contribution >= 0.6 is 23.1 Å². The van der Waals surface area contributed by atoms with Gasteiger partial charge in [-0.15, -0.1) is 11.3 Å². The molecule has 0 fully saturated rings. The van der Waals surface area contributed by atoms with Crippen molar-refractivity contribution in [3.8, 4) is 28.8 Å². The van der Waals surface area contributed by atoms with Crippen molar-refractivity contribution in [2.45, 2.75) is 17.9 Å². The highest BCUT2D eigenvalue weighted by Gasteiger charge is 2.37. The summed E-state index contributed by atoms with van der Waals surface area (Å²) in [7, 11) is 0. The molecule has 2 N–H and O–H groups in total. The van der Waals surface area contributed by atoms with Gasteiger partial charge in [-0.3, -0.25) is 0 Å². The molecule has 0 radical (unpaired) electrons. The molecule has 37 heavy (non-hydrogen) atoms. The van der Waals surface area contributed by atoms with E-state index in [-0.39, 0.29) is 35.1 Å². The van der Waals surface area contributed by atoms with Gasteiger partial charge in [-0.05, 0) is 48.2 Å². The van der Waals surface area contributed by atoms with Gasteiger partial charge in [-0.25, -0.2) is 9.78 Å². The Morgan fingerprint density at radius 3 is 2.54 bits per heavy atom. The lowest BCUT2D eigenvalue weighted by atomic mass is 9.83. The predicted octanol–water partition coefficient (Wildman–Crippen LogP) is 4.97. The first-order valence-corrected chi connectivity index (χ1v) is 12.9. The Morgan fingerprint density at radius 2 is 1.92 bits per heavy atom. The average molecular weight is 526 g/mol. The summed E-state index contributed by atoms with van der Waals surface area (Å²) in [4.78, 5) is 18.8. The number of ether oxygens (including phenoxy) is 2. The molecule has 1 atom stereocenters. The quantitative estimate of drug-likeness (QED) is 0.333. The highest BCUT2D eigenvalue weighted by molar-refractivity contribution is 7.99. The molecule has 1 aliphatic heterocycles. The van der Waals surface area contributed by atoms with Crippen molar-refractivity contribution in [1.82, 2.24) is 4.98 Å². The molecule has 1 aromatic carbocycles. The molecule has 0 saturated carbocycles. The molecule has 0 aliphatic carbocycles. The number of nitrogens with two attached hydrogens (primary N) is 1. The van der Waals surface area contributed by atoms with E-state index in [0.717, 1.165) is 10.6 Å². The number of nitriles is 3. The number of pyridine rings is 1. The Hall–Kier alpha value is -4.56. The summed E-state index contributed by atoms with van der Waals surface area (Å²) in [6.45, 7) is 1.80. The number of allylic oxidation sites excluding steroid dienone is 1. The summed E-state index contributed by atoms with van der Waals surface area (Å²) < 4.78 is 11.1. The van der Waals surface area contributed by atoms with E-state index < -0.39 is 11.9 Å². The zero-order valence-corrected chi connectivity index (χ0v) is 21.2. The largest absolute Gasteiger partial charge is 0.463 e. The molecular weight excluding hydrogens is 506 g/mol. The molecule has 0 spiro atoms. The zero-order chi connectivity index (χ0) is 26.4. The Labute approximate surface area is 221 Å². The van der Waals surface area contributed by atoms with Crippen LogP contribution in [-0.2, 0) is 14.3 Å². The van der Waals surface area contributed by atoms with Crippen LogP contribution in [0.3, 0.4) is 0 Å². The van der Waals surface area contributed by atoms with E-state index in [2.05, 4.69) is 23.2 Å². The summed E-state index contributed by atoms with van der Waals surface area (Å²) in [6, 6.07) is 20.2. The number of nitrogens with zero attached hydrogens (tertiary/aromatic N) is 4. The van der Waals surface area contributed by atoms with E-state index in [9.17, 15) is 15.3 Å². The maximum Gasteiger partial charge on any atom is 0.338 e. The van der Waals surface area contributed by atoms with Crippen molar-refractivity contribution in [2.75, 3.05) is 12.4 Å². The van der Waals surface area contributed by atoms with Gasteiger partial charge in [0, 0.05) is 0 Å². The first-order chi connectivity index (χ1) is 18.0. The van der Waals surface area contributed by atoms with Crippen molar-refractivity contribution < 1.29 is 14.3 Å². The number of carbonyl (C=O) groups excluding carboxylic acids is 1. The fourth-order valence-corrected chi connectivity index (χ4v) is 5.38. The molecule has 182 valence electrons. The summed E-state index contributed by atoms with van der Waals surface area (Å²) in [5, 5.41) is 31.1. The monoisotopic (exact) mass is 525 g/mol. The highest BCUT2D eigenvalue weighted by atomic mass is 32.2. The van der Waals surface area contributed by atoms with Crippen LogP contribution in [0.1, 0.15) is 29.5 Å². The van der Waals surface area contributed by atoms with Gasteiger partial charge in [0.25, 0.3) is 0 Å². The summed E-state index contributed by atoms with van der Waals surface area (Å²) >= 11 is 2.75. The standard InChI is InChI=1S/C27H19N5O3S2/c1-2-34-27(33)24-21(15-37-26-18(13-29)9-10-20(32-26)22-4-3-11-36-22)35-25(31)19(14-30)23(24)17-7-5-16(12-28)6-8-17/h3-11,23H,2,15,31H2,1H3. The average Bonchev–Trinajstić information content (AvgIpc) is 3.46. The number of aromatic nitrogens is 1. The van der Waals surface area contributed by atoms with Gasteiger partial charge in [0.2, 0.25) is 5.88 Å². The number of thiophene rings is 1. The van der Waals surface area contributed by atoms with Crippen molar-refractivity contribution in [2.24, 2.45) is 5.73 Å². The molecule has 1 unspecified atom stereocenters. The molecule has 0 bridgehead atoms. The number of hydrogen-bond donors (Lipinski definition) is 1. The summed E-state index contributed by atoms with van der Waals surface area (Å²) in [6.07, 6.45) is 0. The molecule has 2 aromatic heterocycles. The Morgan fingerprint density at radius 1 is 1.14 bits per heavy atom. The SMILES string of the molecule is CCOC(=O)C1=C(CSc2nc(-c3cccs3)ccc2C#N)OC(N)=C(C#N)C1c1ccc(C#N)cc1. The van der Waals surface area contributed by atoms with Gasteiger partial charge in [0.05, 0.1) is 51.6 Å². The van der Waals surface area contributed by atoms with Crippen LogP contribution < -0.4 is 5.73 Å². The zero-order valence-electron chi connectivity index (χ0n) is 19.6. The Bertz CT molecular complexity index is 1520. The smallest absolute Gasteiger partial charge is 0.338 e. The van der Waals surface area contributed by atoms with E-state index in [1.54, 1.807) is 43.3 Å². The van der Waals surface area contributed by atoms with Crippen molar-refractivity contribution in [3.63, 3.8) is 0 Å². The number of rotatable bonds is 7. The molecule has 0 saturated heterocycles. The molecule has 8 nitrogen and oxygen atoms in total. The van der Waals surface area contributed by atoms with E-state index in [0.29, 0.717) is 21.7 Å². The van der Waals surface area contributed by atoms with Crippen molar-refractivity contribution in [3.05, 3.63) is 93.4 Å². The third kappa shape index (κ3) is 5.34. The molecular formula is C27H19N5O3S2. The topological polar surface area (TPSA) is 146 Å². The van der Waals surface area contributed by atoms with Gasteiger partial charge in [0.15, 0.2) is 0 Å². The number of carbonyl (C=O) groups is 1. The number of benzene rings is 1. The molecule has 4 rings (SSSR count). The fourth-order valence-electron chi connectivity index (χ4n) is 3.77. The lowest BCUT2D eigenvalue weighted by molar-refractivity contribution is -0.139. The van der Waals surface area contributed by atoms with Crippen LogP contribution in [-0.4, -0.2) is 23.3 Å². The van der Waals surface area contributed by atoms with E-state index >= 15 is 0 Å². The first-order valence-electron chi connectivity index (χ1n) is 11.1. The second-order valence-electron chi connectivity index (χ2n) is 7.64. The van der Waals surface area contributed by atoms with Crippen LogP contribution in [0, 0.1) is 34.0 Å². The van der Waals surface area contributed by atoms with Gasteiger partial charge < -0.3 is 15.2 Å².